The van der Waals surface area contributed by atoms with Crippen LogP contribution in [0, 0.1) is 18.3 Å². The molecule has 0 unspecified atom stereocenters. The third-order valence-corrected chi connectivity index (χ3v) is 4.81. The van der Waals surface area contributed by atoms with Gasteiger partial charge in [-0.15, -0.1) is 0 Å². The van der Waals surface area contributed by atoms with E-state index in [1.165, 1.54) is 12.4 Å². The summed E-state index contributed by atoms with van der Waals surface area (Å²) in [4.78, 5) is 0.0610. The van der Waals surface area contributed by atoms with Crippen molar-refractivity contribution >= 4 is 21.4 Å². The fraction of sp³-hybridized carbons (Fsp3) is 0.143. The number of sulfonamides is 1. The number of allylic oxidation sites excluding steroid dienone is 1. The fourth-order valence-electron chi connectivity index (χ4n) is 2.29. The molecule has 2 heterocycles. The van der Waals surface area contributed by atoms with Gasteiger partial charge in [-0.2, -0.15) is 10.4 Å². The topological polar surface area (TPSA) is 111 Å². The third-order valence-electron chi connectivity index (χ3n) is 3.48. The first-order valence-corrected chi connectivity index (χ1v) is 7.99. The van der Waals surface area contributed by atoms with E-state index >= 15 is 0 Å². The lowest BCUT2D eigenvalue weighted by Gasteiger charge is -2.21. The average Bonchev–Trinajstić information content (AvgIpc) is 3.05. The number of hydrogen-bond acceptors (Lipinski definition) is 5. The molecular formula is C14H13N5O2S. The van der Waals surface area contributed by atoms with Gasteiger partial charge in [0.15, 0.2) is 0 Å². The Morgan fingerprint density at radius 2 is 2.23 bits per heavy atom. The summed E-state index contributed by atoms with van der Waals surface area (Å²) in [7, 11) is -3.70. The first-order chi connectivity index (χ1) is 10.5. The van der Waals surface area contributed by atoms with Crippen LogP contribution < -0.4 is 10.0 Å². The van der Waals surface area contributed by atoms with Crippen LogP contribution in [0.5, 0.6) is 0 Å². The predicted octanol–water partition coefficient (Wildman–Crippen LogP) is 1.89. The maximum absolute atomic E-state index is 12.3. The predicted molar refractivity (Wildman–Crippen MR) is 81.6 cm³/mol. The molecule has 0 amide bonds. The summed E-state index contributed by atoms with van der Waals surface area (Å²) < 4.78 is 27.1. The zero-order valence-corrected chi connectivity index (χ0v) is 12.5. The number of fused-ring (bicyclic) bond motifs is 1. The molecule has 0 atom stereocenters. The average molecular weight is 315 g/mol. The molecule has 8 heteroatoms. The molecule has 0 fully saturated rings. The van der Waals surface area contributed by atoms with Crippen molar-refractivity contribution in [3.8, 4) is 6.07 Å². The summed E-state index contributed by atoms with van der Waals surface area (Å²) in [6.07, 6.45) is 4.62. The summed E-state index contributed by atoms with van der Waals surface area (Å²) >= 11 is 0. The van der Waals surface area contributed by atoms with E-state index in [1.54, 1.807) is 12.3 Å². The molecule has 3 rings (SSSR count). The van der Waals surface area contributed by atoms with E-state index in [2.05, 4.69) is 26.3 Å². The van der Waals surface area contributed by atoms with Crippen LogP contribution in [0.25, 0.3) is 0 Å². The largest absolute Gasteiger partial charge is 0.359 e. The molecule has 7 nitrogen and oxygen atoms in total. The molecule has 3 N–H and O–H groups in total. The Hall–Kier alpha value is -2.79. The quantitative estimate of drug-likeness (QED) is 0.801. The van der Waals surface area contributed by atoms with Crippen molar-refractivity contribution in [1.82, 2.24) is 10.2 Å². The highest BCUT2D eigenvalue weighted by molar-refractivity contribution is 7.92. The Balaban J connectivity index is 2.01. The van der Waals surface area contributed by atoms with E-state index in [-0.39, 0.29) is 4.90 Å². The van der Waals surface area contributed by atoms with Crippen LogP contribution in [0.2, 0.25) is 0 Å². The third kappa shape index (κ3) is 2.42. The van der Waals surface area contributed by atoms with Crippen molar-refractivity contribution in [3.63, 3.8) is 0 Å². The molecule has 22 heavy (non-hydrogen) atoms. The van der Waals surface area contributed by atoms with Crippen LogP contribution in [0.3, 0.4) is 0 Å². The van der Waals surface area contributed by atoms with Gasteiger partial charge in [0, 0.05) is 24.4 Å². The van der Waals surface area contributed by atoms with Gasteiger partial charge in [0.05, 0.1) is 23.6 Å². The monoisotopic (exact) mass is 315 g/mol. The van der Waals surface area contributed by atoms with Gasteiger partial charge in [-0.05, 0) is 24.1 Å². The number of aromatic nitrogens is 2. The summed E-state index contributed by atoms with van der Waals surface area (Å²) in [5, 5.41) is 18.1. The van der Waals surface area contributed by atoms with Crippen LogP contribution in [-0.2, 0) is 16.4 Å². The van der Waals surface area contributed by atoms with Gasteiger partial charge in [0.1, 0.15) is 4.90 Å². The van der Waals surface area contributed by atoms with Crippen LogP contribution in [0.4, 0.5) is 11.4 Å². The fourth-order valence-corrected chi connectivity index (χ4v) is 3.27. The summed E-state index contributed by atoms with van der Waals surface area (Å²) in [6, 6.07) is 5.64. The van der Waals surface area contributed by atoms with Gasteiger partial charge in [-0.3, -0.25) is 9.82 Å². The number of aryl methyl sites for hydroxylation is 1. The van der Waals surface area contributed by atoms with Crippen LogP contribution in [0.15, 0.2) is 41.2 Å². The van der Waals surface area contributed by atoms with E-state index in [0.29, 0.717) is 23.4 Å². The zero-order chi connectivity index (χ0) is 15.7. The second kappa shape index (κ2) is 5.20. The Bertz CT molecular complexity index is 892. The lowest BCUT2D eigenvalue weighted by Crippen LogP contribution is -2.16. The molecule has 112 valence electrons. The van der Waals surface area contributed by atoms with Gasteiger partial charge >= 0.3 is 0 Å². The zero-order valence-electron chi connectivity index (χ0n) is 11.7. The van der Waals surface area contributed by atoms with Crippen molar-refractivity contribution in [1.29, 1.82) is 5.26 Å². The van der Waals surface area contributed by atoms with Crippen LogP contribution in [0.1, 0.15) is 11.1 Å². The molecule has 0 bridgehead atoms. The first-order valence-electron chi connectivity index (χ1n) is 6.51. The molecule has 2 aromatic rings. The second-order valence-electron chi connectivity index (χ2n) is 4.93. The van der Waals surface area contributed by atoms with E-state index in [0.717, 1.165) is 11.1 Å². The SMILES string of the molecule is Cc1ccc(NS(=O)(=O)c2cn[nH]c2)c2c1CC(C#N)=CN2. The van der Waals surface area contributed by atoms with Gasteiger partial charge in [0.2, 0.25) is 0 Å². The minimum absolute atomic E-state index is 0.0610. The molecule has 1 aromatic carbocycles. The number of H-pyrrole nitrogens is 1. The van der Waals surface area contributed by atoms with E-state index < -0.39 is 10.0 Å². The van der Waals surface area contributed by atoms with Crippen molar-refractivity contribution in [3.05, 3.63) is 47.4 Å². The van der Waals surface area contributed by atoms with Crippen molar-refractivity contribution in [2.45, 2.75) is 18.2 Å². The van der Waals surface area contributed by atoms with Crippen molar-refractivity contribution in [2.75, 3.05) is 10.0 Å². The molecule has 0 saturated heterocycles. The van der Waals surface area contributed by atoms with E-state index in [9.17, 15) is 8.42 Å². The van der Waals surface area contributed by atoms with Gasteiger partial charge in [0.25, 0.3) is 10.0 Å². The maximum atomic E-state index is 12.3. The molecule has 0 spiro atoms. The highest BCUT2D eigenvalue weighted by Crippen LogP contribution is 2.34. The van der Waals surface area contributed by atoms with Crippen molar-refractivity contribution in [2.24, 2.45) is 0 Å². The van der Waals surface area contributed by atoms with Crippen LogP contribution in [-0.4, -0.2) is 18.6 Å². The van der Waals surface area contributed by atoms with Gasteiger partial charge < -0.3 is 5.32 Å². The standard InChI is InChI=1S/C14H13N5O2S/c1-9-2-3-13(14-12(9)4-10(5-15)6-16-14)19-22(20,21)11-7-17-18-8-11/h2-3,6-8,16,19H,4H2,1H3,(H,17,18). The Labute approximate surface area is 127 Å². The number of aromatic amines is 1. The summed E-state index contributed by atoms with van der Waals surface area (Å²) in [6.45, 7) is 1.93. The Kier molecular flexibility index (Phi) is 3.35. The Morgan fingerprint density at radius 3 is 2.91 bits per heavy atom. The number of anilines is 2. The maximum Gasteiger partial charge on any atom is 0.265 e. The lowest BCUT2D eigenvalue weighted by atomic mass is 9.96. The molecule has 0 radical (unpaired) electrons. The molecule has 1 aromatic heterocycles. The van der Waals surface area contributed by atoms with Crippen molar-refractivity contribution < 1.29 is 8.42 Å². The number of benzene rings is 1. The van der Waals surface area contributed by atoms with Crippen LogP contribution >= 0.6 is 0 Å². The highest BCUT2D eigenvalue weighted by atomic mass is 32.2. The molecule has 1 aliphatic heterocycles. The normalized spacial score (nSPS) is 13.5. The summed E-state index contributed by atoms with van der Waals surface area (Å²) in [5.74, 6) is 0. The number of rotatable bonds is 3. The Morgan fingerprint density at radius 1 is 1.41 bits per heavy atom. The molecule has 0 aliphatic carbocycles. The van der Waals surface area contributed by atoms with Gasteiger partial charge in [-0.1, -0.05) is 6.07 Å². The minimum Gasteiger partial charge on any atom is -0.359 e. The molecule has 0 saturated carbocycles. The number of hydrogen-bond donors (Lipinski definition) is 3. The number of nitrogens with one attached hydrogen (secondary N) is 3. The van der Waals surface area contributed by atoms with E-state index in [4.69, 9.17) is 5.26 Å². The summed E-state index contributed by atoms with van der Waals surface area (Å²) in [5.41, 5.74) is 3.62. The number of nitriles is 1. The lowest BCUT2D eigenvalue weighted by molar-refractivity contribution is 0.601. The second-order valence-corrected chi connectivity index (χ2v) is 6.61. The molecular weight excluding hydrogens is 302 g/mol. The number of nitrogens with zero attached hydrogens (tertiary/aromatic N) is 2. The van der Waals surface area contributed by atoms with E-state index in [1.807, 2.05) is 13.0 Å². The highest BCUT2D eigenvalue weighted by Gasteiger charge is 2.21. The van der Waals surface area contributed by atoms with Gasteiger partial charge in [-0.25, -0.2) is 8.42 Å². The first kappa shape index (κ1) is 14.2. The molecule has 1 aliphatic rings. The minimum atomic E-state index is -3.70. The smallest absolute Gasteiger partial charge is 0.265 e.